The zero-order chi connectivity index (χ0) is 40.9. The van der Waals surface area contributed by atoms with E-state index in [1.807, 2.05) is 51.1 Å². The molecule has 57 heavy (non-hydrogen) atoms. The van der Waals surface area contributed by atoms with Crippen molar-refractivity contribution in [2.75, 3.05) is 25.0 Å². The highest BCUT2D eigenvalue weighted by atomic mass is 35.5. The first-order chi connectivity index (χ1) is 27.0. The average Bonchev–Trinajstić information content (AvgIpc) is 3.71. The van der Waals surface area contributed by atoms with Crippen molar-refractivity contribution in [1.82, 2.24) is 30.0 Å². The van der Waals surface area contributed by atoms with Gasteiger partial charge >= 0.3 is 12.1 Å². The van der Waals surface area contributed by atoms with E-state index >= 15 is 0 Å². The Labute approximate surface area is 338 Å². The van der Waals surface area contributed by atoms with Gasteiger partial charge in [0, 0.05) is 47.9 Å². The third-order valence-corrected chi connectivity index (χ3v) is 10.4. The fourth-order valence-corrected chi connectivity index (χ4v) is 7.72. The molecule has 3 unspecified atom stereocenters. The Kier molecular flexibility index (Phi) is 12.5. The molecule has 2 saturated heterocycles. The molecule has 4 aromatic rings. The number of aromatic nitrogens is 4. The number of ether oxygens (including phenoxy) is 2. The number of anilines is 1. The van der Waals surface area contributed by atoms with E-state index in [1.165, 1.54) is 17.1 Å². The zero-order valence-corrected chi connectivity index (χ0v) is 34.0. The van der Waals surface area contributed by atoms with Crippen LogP contribution in [0, 0.1) is 11.8 Å². The number of carbonyl (C=O) groups excluding carboxylic acids is 4. The maximum Gasteiger partial charge on any atom is 0.410 e. The van der Waals surface area contributed by atoms with Crippen LogP contribution in [-0.2, 0) is 19.1 Å². The highest BCUT2D eigenvalue weighted by Gasteiger charge is 2.45. The summed E-state index contributed by atoms with van der Waals surface area (Å²) in [5, 5.41) is 15.0. The summed E-state index contributed by atoms with van der Waals surface area (Å²) >= 11 is 6.39. The molecular formula is C43H50ClN7O6. The van der Waals surface area contributed by atoms with Gasteiger partial charge in [-0.05, 0) is 137 Å². The Bertz CT molecular complexity index is 2070. The molecule has 3 amide bonds. The van der Waals surface area contributed by atoms with E-state index in [9.17, 15) is 19.2 Å². The van der Waals surface area contributed by atoms with Gasteiger partial charge < -0.3 is 24.6 Å². The first-order valence-electron chi connectivity index (χ1n) is 19.2. The predicted molar refractivity (Wildman–Crippen MR) is 217 cm³/mol. The summed E-state index contributed by atoms with van der Waals surface area (Å²) in [7, 11) is 0. The van der Waals surface area contributed by atoms with E-state index in [-0.39, 0.29) is 35.7 Å². The lowest BCUT2D eigenvalue weighted by molar-refractivity contribution is -0.139. The lowest BCUT2D eigenvalue weighted by atomic mass is 9.71. The first-order valence-corrected chi connectivity index (χ1v) is 19.6. The van der Waals surface area contributed by atoms with Crippen LogP contribution in [0.1, 0.15) is 88.2 Å². The molecule has 2 fully saturated rings. The van der Waals surface area contributed by atoms with Crippen molar-refractivity contribution in [1.29, 1.82) is 0 Å². The molecule has 0 aliphatic carbocycles. The molecule has 0 radical (unpaired) electrons. The Hall–Kier alpha value is -5.56. The normalized spacial score (nSPS) is 19.3. The first kappa shape index (κ1) is 41.1. The summed E-state index contributed by atoms with van der Waals surface area (Å²) in [6, 6.07) is 20.6. The van der Waals surface area contributed by atoms with Crippen LogP contribution in [-0.4, -0.2) is 90.8 Å². The molecular weight excluding hydrogens is 746 g/mol. The number of amides is 3. The van der Waals surface area contributed by atoms with E-state index in [4.69, 9.17) is 21.1 Å². The monoisotopic (exact) mass is 795 g/mol. The van der Waals surface area contributed by atoms with Gasteiger partial charge in [0.25, 0.3) is 0 Å². The molecule has 3 atom stereocenters. The molecule has 3 aromatic carbocycles. The summed E-state index contributed by atoms with van der Waals surface area (Å²) in [6.45, 7) is 12.4. The van der Waals surface area contributed by atoms with Crippen molar-refractivity contribution >= 4 is 47.2 Å². The maximum atomic E-state index is 14.6. The number of piperidine rings is 2. The second-order valence-corrected chi connectivity index (χ2v) is 17.0. The molecule has 2 aliphatic heterocycles. The van der Waals surface area contributed by atoms with Crippen LogP contribution in [0.5, 0.6) is 0 Å². The molecule has 1 N–H and O–H groups in total. The highest BCUT2D eigenvalue weighted by molar-refractivity contribution is 6.30. The van der Waals surface area contributed by atoms with Gasteiger partial charge in [-0.3, -0.25) is 9.59 Å². The summed E-state index contributed by atoms with van der Waals surface area (Å²) in [5.41, 5.74) is 1.74. The molecule has 3 heterocycles. The molecule has 300 valence electrons. The van der Waals surface area contributed by atoms with Crippen molar-refractivity contribution in [3.05, 3.63) is 107 Å². The smallest absolute Gasteiger partial charge is 0.410 e. The minimum absolute atomic E-state index is 0.0356. The number of halogens is 1. The standard InChI is InChI=1S/C43H50ClN7O6/c1-42(2,3)56-40(54)30-12-16-34(17-13-30)46-39(53)38-35(29-10-8-7-9-11-29)25-32(28-20-22-49(23-21-28)41(55)57-43(4,5)6)26-50(38)37(52)19-14-31-24-33(44)15-18-36(31)51-27-45-47-48-51/h7-19,24,27-28,32,35,38H,20-23,25-26H2,1-6H3,(H,46,53)/b19-14+. The number of nitrogens with one attached hydrogen (secondary N) is 1. The number of benzene rings is 3. The van der Waals surface area contributed by atoms with Crippen LogP contribution in [0.3, 0.4) is 0 Å². The second kappa shape index (κ2) is 17.3. The predicted octanol–water partition coefficient (Wildman–Crippen LogP) is 7.57. The molecule has 0 spiro atoms. The van der Waals surface area contributed by atoms with Crippen molar-refractivity contribution in [2.45, 2.75) is 84.0 Å². The van der Waals surface area contributed by atoms with Crippen LogP contribution in [0.15, 0.2) is 85.2 Å². The van der Waals surface area contributed by atoms with Crippen molar-refractivity contribution in [3.8, 4) is 5.69 Å². The van der Waals surface area contributed by atoms with Gasteiger partial charge in [-0.25, -0.2) is 9.59 Å². The fraction of sp³-hybridized carbons (Fsp3) is 0.419. The van der Waals surface area contributed by atoms with E-state index in [1.54, 1.807) is 79.1 Å². The zero-order valence-electron chi connectivity index (χ0n) is 33.2. The van der Waals surface area contributed by atoms with Crippen LogP contribution >= 0.6 is 11.6 Å². The third-order valence-electron chi connectivity index (χ3n) is 10.1. The van der Waals surface area contributed by atoms with Gasteiger partial charge in [0.05, 0.1) is 11.3 Å². The Morgan fingerprint density at radius 3 is 2.18 bits per heavy atom. The molecule has 6 rings (SSSR count). The van der Waals surface area contributed by atoms with E-state index in [2.05, 4.69) is 20.8 Å². The van der Waals surface area contributed by atoms with E-state index in [0.717, 1.165) is 18.4 Å². The second-order valence-electron chi connectivity index (χ2n) is 16.6. The lowest BCUT2D eigenvalue weighted by Crippen LogP contribution is -2.57. The number of likely N-dealkylation sites (tertiary alicyclic amines) is 2. The fourth-order valence-electron chi connectivity index (χ4n) is 7.54. The van der Waals surface area contributed by atoms with Gasteiger partial charge in [-0.1, -0.05) is 41.9 Å². The maximum absolute atomic E-state index is 14.6. The SMILES string of the molecule is CC(C)(C)OC(=O)c1ccc(NC(=O)C2C(c3ccccc3)CC(C3CCN(C(=O)OC(C)(C)C)CC3)CN2C(=O)/C=C/c2cc(Cl)ccc2-n2cnnn2)cc1. The Balaban J connectivity index is 1.31. The number of carbonyl (C=O) groups is 4. The van der Waals surface area contributed by atoms with Crippen molar-refractivity contribution in [2.24, 2.45) is 11.8 Å². The largest absolute Gasteiger partial charge is 0.456 e. The topological polar surface area (TPSA) is 149 Å². The van der Waals surface area contributed by atoms with E-state index < -0.39 is 23.2 Å². The Morgan fingerprint density at radius 1 is 0.860 bits per heavy atom. The minimum atomic E-state index is -0.883. The number of esters is 1. The molecule has 0 bridgehead atoms. The van der Waals surface area contributed by atoms with Gasteiger partial charge in [0.1, 0.15) is 23.6 Å². The van der Waals surface area contributed by atoms with Crippen molar-refractivity contribution < 1.29 is 28.7 Å². The number of tetrazole rings is 1. The molecule has 14 heteroatoms. The van der Waals surface area contributed by atoms with Crippen LogP contribution < -0.4 is 5.32 Å². The number of hydrogen-bond acceptors (Lipinski definition) is 9. The lowest BCUT2D eigenvalue weighted by Gasteiger charge is -2.47. The van der Waals surface area contributed by atoms with Crippen molar-refractivity contribution in [3.63, 3.8) is 0 Å². The molecule has 2 aliphatic rings. The number of rotatable bonds is 8. The molecule has 13 nitrogen and oxygen atoms in total. The summed E-state index contributed by atoms with van der Waals surface area (Å²) < 4.78 is 12.6. The van der Waals surface area contributed by atoms with Crippen LogP contribution in [0.2, 0.25) is 5.02 Å². The molecule has 0 saturated carbocycles. The summed E-state index contributed by atoms with van der Waals surface area (Å²) in [4.78, 5) is 58.2. The number of hydrogen-bond donors (Lipinski definition) is 1. The van der Waals surface area contributed by atoms with Gasteiger partial charge in [0.15, 0.2) is 0 Å². The Morgan fingerprint density at radius 2 is 1.54 bits per heavy atom. The van der Waals surface area contributed by atoms with Gasteiger partial charge in [-0.2, -0.15) is 4.68 Å². The van der Waals surface area contributed by atoms with Crippen LogP contribution in [0.25, 0.3) is 11.8 Å². The summed E-state index contributed by atoms with van der Waals surface area (Å²) in [6.07, 6.45) is 6.38. The third kappa shape index (κ3) is 10.6. The molecule has 1 aromatic heterocycles. The van der Waals surface area contributed by atoms with E-state index in [0.29, 0.717) is 53.6 Å². The quantitative estimate of drug-likeness (QED) is 0.141. The average molecular weight is 796 g/mol. The minimum Gasteiger partial charge on any atom is -0.456 e. The van der Waals surface area contributed by atoms with Crippen LogP contribution in [0.4, 0.5) is 10.5 Å². The van der Waals surface area contributed by atoms with Gasteiger partial charge in [0.2, 0.25) is 11.8 Å². The van der Waals surface area contributed by atoms with Gasteiger partial charge in [-0.15, -0.1) is 5.10 Å². The highest BCUT2D eigenvalue weighted by Crippen LogP contribution is 2.42. The summed E-state index contributed by atoms with van der Waals surface area (Å²) in [5.74, 6) is -1.30. The number of nitrogens with zero attached hydrogens (tertiary/aromatic N) is 6.